The van der Waals surface area contributed by atoms with Crippen molar-refractivity contribution in [3.63, 3.8) is 0 Å². The van der Waals surface area contributed by atoms with E-state index >= 15 is 0 Å². The average Bonchev–Trinajstić information content (AvgIpc) is 3.21. The largest absolute Gasteiger partial charge is 0.497 e. The number of benzene rings is 2. The molecule has 0 fully saturated rings. The third kappa shape index (κ3) is 4.57. The van der Waals surface area contributed by atoms with Gasteiger partial charge in [0.15, 0.2) is 5.13 Å². The lowest BCUT2D eigenvalue weighted by molar-refractivity contribution is 0.102. The predicted molar refractivity (Wildman–Crippen MR) is 116 cm³/mol. The second kappa shape index (κ2) is 9.00. The van der Waals surface area contributed by atoms with Crippen LogP contribution < -0.4 is 19.5 Å². The third-order valence-corrected chi connectivity index (χ3v) is 6.67. The van der Waals surface area contributed by atoms with E-state index in [1.807, 2.05) is 0 Å². The summed E-state index contributed by atoms with van der Waals surface area (Å²) in [6.07, 6.45) is 0. The second-order valence-electron chi connectivity index (χ2n) is 5.91. The predicted octanol–water partition coefficient (Wildman–Crippen LogP) is 3.64. The Hall–Kier alpha value is -2.66. The molecule has 1 aromatic heterocycles. The smallest absolute Gasteiger partial charge is 0.259 e. The number of methoxy groups -OCH3 is 2. The molecule has 3 aromatic rings. The Bertz CT molecular complexity index is 1190. The maximum atomic E-state index is 12.7. The number of anilines is 1. The molecule has 0 aliphatic carbocycles. The fourth-order valence-electron chi connectivity index (χ4n) is 2.60. The molecule has 2 N–H and O–H groups in total. The molecule has 0 saturated heterocycles. The molecule has 11 heteroatoms. The summed E-state index contributed by atoms with van der Waals surface area (Å²) >= 11 is 7.31. The Labute approximate surface area is 182 Å². The lowest BCUT2D eigenvalue weighted by Crippen LogP contribution is -2.20. The quantitative estimate of drug-likeness (QED) is 0.549. The summed E-state index contributed by atoms with van der Waals surface area (Å²) in [4.78, 5) is 17.0. The highest BCUT2D eigenvalue weighted by Crippen LogP contribution is 2.35. The number of sulfonamides is 1. The van der Waals surface area contributed by atoms with Crippen molar-refractivity contribution in [1.29, 1.82) is 0 Å². The number of carbonyl (C=O) groups excluding carboxylic acids is 1. The number of halogens is 1. The fraction of sp³-hybridized carbons (Fsp3) is 0.158. The van der Waals surface area contributed by atoms with Crippen molar-refractivity contribution in [2.45, 2.75) is 4.90 Å². The molecular formula is C19H18ClN3O5S2. The van der Waals surface area contributed by atoms with Crippen LogP contribution in [0.4, 0.5) is 5.13 Å². The number of aromatic nitrogens is 1. The number of carbonyl (C=O) groups is 1. The fourth-order valence-corrected chi connectivity index (χ4v) is 4.26. The molecule has 0 bridgehead atoms. The number of amides is 1. The standard InChI is InChI=1S/C19H18ClN3O5S2/c1-21-30(25,26)12-5-6-15(20)13(9-12)18(24)23-19-22-16(10-29-19)14-8-11(27-2)4-7-17(14)28-3/h4-10,21H,1-3H3,(H,22,23,24). The maximum absolute atomic E-state index is 12.7. The van der Waals surface area contributed by atoms with Crippen LogP contribution in [0, 0.1) is 0 Å². The van der Waals surface area contributed by atoms with Gasteiger partial charge in [-0.15, -0.1) is 11.3 Å². The van der Waals surface area contributed by atoms with E-state index in [-0.39, 0.29) is 15.5 Å². The first-order valence-electron chi connectivity index (χ1n) is 8.51. The lowest BCUT2D eigenvalue weighted by atomic mass is 10.1. The molecule has 0 atom stereocenters. The highest BCUT2D eigenvalue weighted by molar-refractivity contribution is 7.89. The summed E-state index contributed by atoms with van der Waals surface area (Å²) in [7, 11) is 0.678. The van der Waals surface area contributed by atoms with Crippen molar-refractivity contribution < 1.29 is 22.7 Å². The Balaban J connectivity index is 1.89. The van der Waals surface area contributed by atoms with E-state index in [9.17, 15) is 13.2 Å². The zero-order chi connectivity index (χ0) is 21.9. The van der Waals surface area contributed by atoms with Crippen LogP contribution >= 0.6 is 22.9 Å². The average molecular weight is 468 g/mol. The van der Waals surface area contributed by atoms with Crippen LogP contribution in [-0.2, 0) is 10.0 Å². The maximum Gasteiger partial charge on any atom is 0.259 e. The van der Waals surface area contributed by atoms with E-state index in [4.69, 9.17) is 21.1 Å². The molecule has 1 heterocycles. The highest BCUT2D eigenvalue weighted by Gasteiger charge is 2.19. The monoisotopic (exact) mass is 467 g/mol. The van der Waals surface area contributed by atoms with Gasteiger partial charge < -0.3 is 9.47 Å². The SMILES string of the molecule is CNS(=O)(=O)c1ccc(Cl)c(C(=O)Nc2nc(-c3cc(OC)ccc3OC)cs2)c1. The summed E-state index contributed by atoms with van der Waals surface area (Å²) in [6.45, 7) is 0. The number of nitrogens with zero attached hydrogens (tertiary/aromatic N) is 1. The molecule has 0 unspecified atom stereocenters. The molecule has 0 saturated carbocycles. The van der Waals surface area contributed by atoms with Gasteiger partial charge in [-0.05, 0) is 43.4 Å². The molecule has 3 rings (SSSR count). The molecule has 1 amide bonds. The summed E-state index contributed by atoms with van der Waals surface area (Å²) in [5, 5.41) is 4.85. The Morgan fingerprint density at radius 1 is 1.13 bits per heavy atom. The number of ether oxygens (including phenoxy) is 2. The van der Waals surface area contributed by atoms with Gasteiger partial charge in [-0.1, -0.05) is 11.6 Å². The number of thiazole rings is 1. The molecule has 0 radical (unpaired) electrons. The Morgan fingerprint density at radius 3 is 2.57 bits per heavy atom. The highest BCUT2D eigenvalue weighted by atomic mass is 35.5. The van der Waals surface area contributed by atoms with Gasteiger partial charge in [0, 0.05) is 10.9 Å². The van der Waals surface area contributed by atoms with Crippen molar-refractivity contribution in [3.05, 3.63) is 52.4 Å². The molecule has 0 aliphatic heterocycles. The number of hydrogen-bond acceptors (Lipinski definition) is 7. The minimum atomic E-state index is -3.72. The molecule has 0 aliphatic rings. The van der Waals surface area contributed by atoms with E-state index < -0.39 is 15.9 Å². The molecule has 0 spiro atoms. The van der Waals surface area contributed by atoms with E-state index in [1.54, 1.807) is 37.8 Å². The van der Waals surface area contributed by atoms with Crippen LogP contribution in [0.15, 0.2) is 46.7 Å². The van der Waals surface area contributed by atoms with Crippen LogP contribution in [0.2, 0.25) is 5.02 Å². The van der Waals surface area contributed by atoms with Gasteiger partial charge >= 0.3 is 0 Å². The first kappa shape index (κ1) is 22.0. The lowest BCUT2D eigenvalue weighted by Gasteiger charge is -2.09. The van der Waals surface area contributed by atoms with Crippen molar-refractivity contribution in [2.75, 3.05) is 26.6 Å². The van der Waals surface area contributed by atoms with Gasteiger partial charge in [0.05, 0.1) is 35.4 Å². The first-order chi connectivity index (χ1) is 14.3. The minimum absolute atomic E-state index is 0.0173. The van der Waals surface area contributed by atoms with E-state index in [2.05, 4.69) is 15.0 Å². The zero-order valence-corrected chi connectivity index (χ0v) is 18.6. The van der Waals surface area contributed by atoms with Gasteiger partial charge in [-0.25, -0.2) is 18.1 Å². The van der Waals surface area contributed by atoms with Crippen molar-refractivity contribution in [2.24, 2.45) is 0 Å². The van der Waals surface area contributed by atoms with E-state index in [0.29, 0.717) is 27.9 Å². The topological polar surface area (TPSA) is 107 Å². The van der Waals surface area contributed by atoms with Crippen LogP contribution in [-0.4, -0.2) is 40.6 Å². The van der Waals surface area contributed by atoms with Crippen LogP contribution in [0.5, 0.6) is 11.5 Å². The van der Waals surface area contributed by atoms with Crippen molar-refractivity contribution in [3.8, 4) is 22.8 Å². The molecular weight excluding hydrogens is 450 g/mol. The summed E-state index contributed by atoms with van der Waals surface area (Å²) in [5.41, 5.74) is 1.31. The van der Waals surface area contributed by atoms with Crippen LogP contribution in [0.25, 0.3) is 11.3 Å². The molecule has 30 heavy (non-hydrogen) atoms. The normalized spacial score (nSPS) is 11.2. The Kier molecular flexibility index (Phi) is 6.61. The Morgan fingerprint density at radius 2 is 1.90 bits per heavy atom. The summed E-state index contributed by atoms with van der Waals surface area (Å²) in [5.74, 6) is 0.664. The number of nitrogens with one attached hydrogen (secondary N) is 2. The van der Waals surface area contributed by atoms with Crippen LogP contribution in [0.3, 0.4) is 0 Å². The van der Waals surface area contributed by atoms with Crippen LogP contribution in [0.1, 0.15) is 10.4 Å². The van der Waals surface area contributed by atoms with Gasteiger partial charge in [0.2, 0.25) is 10.0 Å². The van der Waals surface area contributed by atoms with Gasteiger partial charge in [0.25, 0.3) is 5.91 Å². The number of hydrogen-bond donors (Lipinski definition) is 2. The molecule has 158 valence electrons. The number of rotatable bonds is 7. The zero-order valence-electron chi connectivity index (χ0n) is 16.2. The first-order valence-corrected chi connectivity index (χ1v) is 11.3. The van der Waals surface area contributed by atoms with Crippen molar-refractivity contribution in [1.82, 2.24) is 9.71 Å². The van der Waals surface area contributed by atoms with E-state index in [0.717, 1.165) is 0 Å². The summed E-state index contributed by atoms with van der Waals surface area (Å²) < 4.78 is 36.8. The van der Waals surface area contributed by atoms with E-state index in [1.165, 1.54) is 36.6 Å². The third-order valence-electron chi connectivity index (χ3n) is 4.17. The van der Waals surface area contributed by atoms with Gasteiger partial charge in [-0.3, -0.25) is 10.1 Å². The molecule has 2 aromatic carbocycles. The molecule has 8 nitrogen and oxygen atoms in total. The van der Waals surface area contributed by atoms with Gasteiger partial charge in [-0.2, -0.15) is 0 Å². The summed E-state index contributed by atoms with van der Waals surface area (Å²) in [6, 6.07) is 9.20. The minimum Gasteiger partial charge on any atom is -0.497 e. The van der Waals surface area contributed by atoms with Gasteiger partial charge in [0.1, 0.15) is 11.5 Å². The second-order valence-corrected chi connectivity index (χ2v) is 9.06. The van der Waals surface area contributed by atoms with Crippen molar-refractivity contribution >= 4 is 44.0 Å².